The van der Waals surface area contributed by atoms with Crippen LogP contribution in [-0.4, -0.2) is 43.8 Å². The molecule has 2 amide bonds. The Morgan fingerprint density at radius 3 is 2.18 bits per heavy atom. The predicted molar refractivity (Wildman–Crippen MR) is 152 cm³/mol. The summed E-state index contributed by atoms with van der Waals surface area (Å²) >= 11 is 12.4. The number of hydrogen-bond donors (Lipinski definition) is 1. The van der Waals surface area contributed by atoms with Gasteiger partial charge in [0.1, 0.15) is 18.4 Å². The van der Waals surface area contributed by atoms with Crippen LogP contribution in [0.5, 0.6) is 0 Å². The van der Waals surface area contributed by atoms with Gasteiger partial charge in [0.2, 0.25) is 11.8 Å². The standard InChI is InChI=1S/C28H30Cl2FN3O4S/c1-4-26(28(36)32-19(2)3)33(17-20-10-11-21(29)16-25(20)30)27(35)18-34(23-8-6-5-7-9-23)39(37,38)24-14-12-22(31)13-15-24/h5-16,19,26H,4,17-18H2,1-3H3,(H,32,36)/t26-/m0/s1. The van der Waals surface area contributed by atoms with Gasteiger partial charge in [-0.15, -0.1) is 0 Å². The number of nitrogens with zero attached hydrogens (tertiary/aromatic N) is 2. The third-order valence-electron chi connectivity index (χ3n) is 5.90. The molecule has 208 valence electrons. The van der Waals surface area contributed by atoms with Crippen molar-refractivity contribution in [2.75, 3.05) is 10.8 Å². The summed E-state index contributed by atoms with van der Waals surface area (Å²) in [5.74, 6) is -1.59. The largest absolute Gasteiger partial charge is 0.352 e. The van der Waals surface area contributed by atoms with E-state index in [4.69, 9.17) is 23.2 Å². The molecule has 0 aliphatic rings. The number of carbonyl (C=O) groups excluding carboxylic acids is 2. The highest BCUT2D eigenvalue weighted by Crippen LogP contribution is 2.27. The van der Waals surface area contributed by atoms with Gasteiger partial charge in [0.05, 0.1) is 10.6 Å². The van der Waals surface area contributed by atoms with Crippen LogP contribution in [0.4, 0.5) is 10.1 Å². The molecule has 0 aliphatic heterocycles. The molecule has 0 heterocycles. The van der Waals surface area contributed by atoms with Gasteiger partial charge in [-0.3, -0.25) is 13.9 Å². The fraction of sp³-hybridized carbons (Fsp3) is 0.286. The highest BCUT2D eigenvalue weighted by molar-refractivity contribution is 7.92. The Kier molecular flexibility index (Phi) is 10.4. The molecule has 0 saturated carbocycles. The normalized spacial score (nSPS) is 12.2. The second-order valence-electron chi connectivity index (χ2n) is 9.15. The molecule has 0 saturated heterocycles. The van der Waals surface area contributed by atoms with Gasteiger partial charge in [0, 0.05) is 22.6 Å². The first-order valence-electron chi connectivity index (χ1n) is 12.3. The van der Waals surface area contributed by atoms with Crippen molar-refractivity contribution in [1.29, 1.82) is 0 Å². The van der Waals surface area contributed by atoms with Gasteiger partial charge in [-0.2, -0.15) is 0 Å². The summed E-state index contributed by atoms with van der Waals surface area (Å²) in [6, 6.07) is 16.2. The smallest absolute Gasteiger partial charge is 0.264 e. The van der Waals surface area contributed by atoms with Crippen LogP contribution < -0.4 is 9.62 Å². The van der Waals surface area contributed by atoms with Gasteiger partial charge in [0.15, 0.2) is 0 Å². The molecular weight excluding hydrogens is 564 g/mol. The third kappa shape index (κ3) is 7.71. The molecule has 1 atom stereocenters. The molecule has 3 aromatic rings. The van der Waals surface area contributed by atoms with Gasteiger partial charge >= 0.3 is 0 Å². The van der Waals surface area contributed by atoms with Crippen molar-refractivity contribution in [3.63, 3.8) is 0 Å². The van der Waals surface area contributed by atoms with Crippen LogP contribution in [0.3, 0.4) is 0 Å². The molecule has 0 aromatic heterocycles. The van der Waals surface area contributed by atoms with Gasteiger partial charge in [0.25, 0.3) is 10.0 Å². The fourth-order valence-electron chi connectivity index (χ4n) is 3.99. The van der Waals surface area contributed by atoms with Gasteiger partial charge in [-0.25, -0.2) is 12.8 Å². The van der Waals surface area contributed by atoms with Crippen LogP contribution in [0.1, 0.15) is 32.8 Å². The van der Waals surface area contributed by atoms with E-state index < -0.39 is 34.3 Å². The zero-order valence-corrected chi connectivity index (χ0v) is 24.1. The maximum atomic E-state index is 13.9. The van der Waals surface area contributed by atoms with Crippen LogP contribution in [-0.2, 0) is 26.2 Å². The summed E-state index contributed by atoms with van der Waals surface area (Å²) < 4.78 is 41.9. The van der Waals surface area contributed by atoms with Crippen LogP contribution in [0, 0.1) is 5.82 Å². The number of amides is 2. The molecule has 0 spiro atoms. The first kappa shape index (κ1) is 30.4. The predicted octanol–water partition coefficient (Wildman–Crippen LogP) is 5.66. The summed E-state index contributed by atoms with van der Waals surface area (Å²) in [5, 5.41) is 3.54. The summed E-state index contributed by atoms with van der Waals surface area (Å²) in [6.07, 6.45) is 0.269. The maximum absolute atomic E-state index is 13.9. The molecule has 0 fully saturated rings. The van der Waals surface area contributed by atoms with Crippen LogP contribution in [0.2, 0.25) is 10.0 Å². The van der Waals surface area contributed by atoms with Gasteiger partial charge in [-0.1, -0.05) is 54.4 Å². The summed E-state index contributed by atoms with van der Waals surface area (Å²) in [7, 11) is -4.28. The number of para-hydroxylation sites is 1. The van der Waals surface area contributed by atoms with Gasteiger partial charge in [-0.05, 0) is 74.4 Å². The zero-order valence-electron chi connectivity index (χ0n) is 21.8. The van der Waals surface area contributed by atoms with Crippen molar-refractivity contribution in [3.05, 3.63) is 94.2 Å². The quantitative estimate of drug-likeness (QED) is 0.311. The molecule has 7 nitrogen and oxygen atoms in total. The number of carbonyl (C=O) groups is 2. The van der Waals surface area contributed by atoms with Crippen molar-refractivity contribution in [2.24, 2.45) is 0 Å². The minimum atomic E-state index is -4.28. The Morgan fingerprint density at radius 1 is 0.974 bits per heavy atom. The minimum Gasteiger partial charge on any atom is -0.352 e. The van der Waals surface area contributed by atoms with Crippen molar-refractivity contribution in [1.82, 2.24) is 10.2 Å². The Balaban J connectivity index is 2.06. The number of nitrogens with one attached hydrogen (secondary N) is 1. The topological polar surface area (TPSA) is 86.8 Å². The number of sulfonamides is 1. The highest BCUT2D eigenvalue weighted by Gasteiger charge is 2.34. The molecule has 3 aromatic carbocycles. The molecule has 1 N–H and O–H groups in total. The SMILES string of the molecule is CC[C@@H](C(=O)NC(C)C)N(Cc1ccc(Cl)cc1Cl)C(=O)CN(c1ccccc1)S(=O)(=O)c1ccc(F)cc1. The van der Waals surface area contributed by atoms with E-state index in [1.165, 1.54) is 11.0 Å². The van der Waals surface area contributed by atoms with Crippen LogP contribution >= 0.6 is 23.2 Å². The van der Waals surface area contributed by atoms with Crippen molar-refractivity contribution in [2.45, 2.75) is 50.7 Å². The summed E-state index contributed by atoms with van der Waals surface area (Å²) in [4.78, 5) is 28.2. The van der Waals surface area contributed by atoms with Crippen LogP contribution in [0.15, 0.2) is 77.7 Å². The molecule has 3 rings (SSSR count). The maximum Gasteiger partial charge on any atom is 0.264 e. The molecule has 0 unspecified atom stereocenters. The Morgan fingerprint density at radius 2 is 1.62 bits per heavy atom. The van der Waals surface area contributed by atoms with Crippen molar-refractivity contribution >= 4 is 50.7 Å². The summed E-state index contributed by atoms with van der Waals surface area (Å²) in [5.41, 5.74) is 0.775. The molecule has 0 aliphatic carbocycles. The van der Waals surface area contributed by atoms with E-state index in [1.54, 1.807) is 63.2 Å². The van der Waals surface area contributed by atoms with Gasteiger partial charge < -0.3 is 10.2 Å². The van der Waals surface area contributed by atoms with Crippen LogP contribution in [0.25, 0.3) is 0 Å². The lowest BCUT2D eigenvalue weighted by Crippen LogP contribution is -2.53. The van der Waals surface area contributed by atoms with E-state index in [9.17, 15) is 22.4 Å². The first-order chi connectivity index (χ1) is 18.4. The summed E-state index contributed by atoms with van der Waals surface area (Å²) in [6.45, 7) is 4.70. The lowest BCUT2D eigenvalue weighted by Gasteiger charge is -2.33. The van der Waals surface area contributed by atoms with E-state index >= 15 is 0 Å². The molecule has 0 bridgehead atoms. The van der Waals surface area contributed by atoms with E-state index in [0.717, 1.165) is 28.6 Å². The van der Waals surface area contributed by atoms with Crippen molar-refractivity contribution < 1.29 is 22.4 Å². The van der Waals surface area contributed by atoms with E-state index in [-0.39, 0.29) is 35.5 Å². The van der Waals surface area contributed by atoms with E-state index in [2.05, 4.69) is 5.32 Å². The first-order valence-corrected chi connectivity index (χ1v) is 14.5. The molecule has 39 heavy (non-hydrogen) atoms. The number of benzene rings is 3. The average Bonchev–Trinajstić information content (AvgIpc) is 2.88. The lowest BCUT2D eigenvalue weighted by atomic mass is 10.1. The molecule has 0 radical (unpaired) electrons. The Hall–Kier alpha value is -3.14. The third-order valence-corrected chi connectivity index (χ3v) is 8.27. The minimum absolute atomic E-state index is 0.0575. The monoisotopic (exact) mass is 593 g/mol. The Bertz CT molecular complexity index is 1400. The number of rotatable bonds is 11. The van der Waals surface area contributed by atoms with E-state index in [1.807, 2.05) is 0 Å². The highest BCUT2D eigenvalue weighted by atomic mass is 35.5. The second-order valence-corrected chi connectivity index (χ2v) is 11.9. The molecular formula is C28H30Cl2FN3O4S. The second kappa shape index (κ2) is 13.3. The number of hydrogen-bond acceptors (Lipinski definition) is 4. The van der Waals surface area contributed by atoms with Crippen molar-refractivity contribution in [3.8, 4) is 0 Å². The number of halogens is 3. The number of anilines is 1. The van der Waals surface area contributed by atoms with E-state index in [0.29, 0.717) is 15.6 Å². The zero-order chi connectivity index (χ0) is 28.7. The molecule has 11 heteroatoms. The Labute approximate surface area is 238 Å². The lowest BCUT2D eigenvalue weighted by molar-refractivity contribution is -0.140. The average molecular weight is 595 g/mol. The fourth-order valence-corrected chi connectivity index (χ4v) is 5.87.